The lowest BCUT2D eigenvalue weighted by molar-refractivity contribution is 0.345. The van der Waals surface area contributed by atoms with Crippen molar-refractivity contribution < 1.29 is 25.9 Å². The highest BCUT2D eigenvalue weighted by atomic mass is 32.2. The summed E-state index contributed by atoms with van der Waals surface area (Å²) in [6, 6.07) is 15.2. The Kier molecular flexibility index (Phi) is 6.05. The van der Waals surface area contributed by atoms with Crippen molar-refractivity contribution in [3.63, 3.8) is 0 Å². The molecule has 212 valence electrons. The van der Waals surface area contributed by atoms with Gasteiger partial charge in [-0.25, -0.2) is 9.97 Å². The van der Waals surface area contributed by atoms with Crippen molar-refractivity contribution in [3.05, 3.63) is 83.0 Å². The van der Waals surface area contributed by atoms with Crippen LogP contribution in [0.4, 0.5) is 0 Å². The summed E-state index contributed by atoms with van der Waals surface area (Å²) in [5, 5.41) is 0. The summed E-state index contributed by atoms with van der Waals surface area (Å²) in [7, 11) is -9.55. The Balaban J connectivity index is 1.63. The fourth-order valence-electron chi connectivity index (χ4n) is 6.14. The number of allylic oxidation sites excluding steroid dienone is 2. The second-order valence-corrected chi connectivity index (χ2v) is 15.0. The normalized spacial score (nSPS) is 24.7. The summed E-state index contributed by atoms with van der Waals surface area (Å²) >= 11 is 0. The molecule has 41 heavy (non-hydrogen) atoms. The number of nitrogens with one attached hydrogen (secondary N) is 2. The van der Waals surface area contributed by atoms with E-state index in [4.69, 9.17) is 4.98 Å². The zero-order valence-corrected chi connectivity index (χ0v) is 24.1. The van der Waals surface area contributed by atoms with Crippen LogP contribution in [0.1, 0.15) is 50.0 Å². The van der Waals surface area contributed by atoms with Gasteiger partial charge in [0.2, 0.25) is 0 Å². The van der Waals surface area contributed by atoms with Crippen LogP contribution in [0.15, 0.2) is 60.2 Å². The van der Waals surface area contributed by atoms with Crippen molar-refractivity contribution >= 4 is 66.1 Å². The predicted octanol–water partition coefficient (Wildman–Crippen LogP) is 5.29. The number of hydrogen-bond acceptors (Lipinski definition) is 6. The maximum atomic E-state index is 13.0. The Bertz CT molecular complexity index is 2090. The fourth-order valence-corrected chi connectivity index (χ4v) is 8.15. The van der Waals surface area contributed by atoms with Crippen LogP contribution in [0.25, 0.3) is 45.9 Å². The Morgan fingerprint density at radius 3 is 1.88 bits per heavy atom. The van der Waals surface area contributed by atoms with E-state index in [1.54, 1.807) is 19.1 Å². The van der Waals surface area contributed by atoms with E-state index in [0.717, 1.165) is 22.1 Å². The molecular formula is C29H28N4O6S2. The molecular weight excluding hydrogens is 564 g/mol. The molecule has 0 aromatic carbocycles. The van der Waals surface area contributed by atoms with Crippen molar-refractivity contribution in [2.45, 2.75) is 36.7 Å². The average molecular weight is 593 g/mol. The molecule has 1 aliphatic carbocycles. The maximum Gasteiger partial charge on any atom is 0.274 e. The Labute approximate surface area is 237 Å². The lowest BCUT2D eigenvalue weighted by Gasteiger charge is -2.45. The van der Waals surface area contributed by atoms with Crippen LogP contribution in [0.3, 0.4) is 0 Å². The van der Waals surface area contributed by atoms with Crippen LogP contribution in [0.2, 0.25) is 0 Å². The molecule has 12 heteroatoms. The van der Waals surface area contributed by atoms with Crippen LogP contribution in [-0.4, -0.2) is 55.4 Å². The van der Waals surface area contributed by atoms with Crippen LogP contribution in [-0.2, 0) is 20.2 Å². The van der Waals surface area contributed by atoms with Gasteiger partial charge >= 0.3 is 0 Å². The monoisotopic (exact) mass is 592 g/mol. The lowest BCUT2D eigenvalue weighted by Crippen LogP contribution is -2.54. The predicted molar refractivity (Wildman–Crippen MR) is 160 cm³/mol. The number of rotatable bonds is 3. The second kappa shape index (κ2) is 9.08. The van der Waals surface area contributed by atoms with E-state index in [9.17, 15) is 25.9 Å². The van der Waals surface area contributed by atoms with Gasteiger partial charge in [-0.05, 0) is 99.5 Å². The molecule has 8 bridgehead atoms. The third-order valence-corrected chi connectivity index (χ3v) is 11.0. The molecule has 0 saturated carbocycles. The number of hydrogen-bond donors (Lipinski definition) is 4. The van der Waals surface area contributed by atoms with Crippen LogP contribution in [0.5, 0.6) is 0 Å². The molecule has 0 saturated heterocycles. The van der Waals surface area contributed by atoms with Gasteiger partial charge in [0.15, 0.2) is 0 Å². The summed E-state index contributed by atoms with van der Waals surface area (Å²) in [6.07, 6.45) is 6.21. The number of aromatic amines is 2. The van der Waals surface area contributed by atoms with Crippen molar-refractivity contribution in [1.29, 1.82) is 0 Å². The Morgan fingerprint density at radius 1 is 0.780 bits per heavy atom. The third-order valence-electron chi connectivity index (χ3n) is 7.99. The van der Waals surface area contributed by atoms with E-state index in [1.807, 2.05) is 54.6 Å². The minimum atomic E-state index is -4.85. The van der Waals surface area contributed by atoms with E-state index in [2.05, 4.69) is 15.0 Å². The molecule has 3 unspecified atom stereocenters. The van der Waals surface area contributed by atoms with Gasteiger partial charge in [-0.15, -0.1) is 0 Å². The SMILES string of the molecule is CC1=CC(C)(S(=O)(=O)O)CC(C)(S(=O)(=O)O)C1C1=Cc2cc3ccc(cc4ccc(cc5nc(cc1n2)C=C5)[nH]4)[nH]3. The van der Waals surface area contributed by atoms with Gasteiger partial charge in [-0.1, -0.05) is 11.6 Å². The fraction of sp³-hybridized carbons (Fsp3) is 0.241. The van der Waals surface area contributed by atoms with E-state index in [1.165, 1.54) is 19.9 Å². The van der Waals surface area contributed by atoms with Crippen molar-refractivity contribution in [2.75, 3.05) is 0 Å². The van der Waals surface area contributed by atoms with Gasteiger partial charge in [0.1, 0.15) is 9.49 Å². The van der Waals surface area contributed by atoms with E-state index < -0.39 is 42.1 Å². The molecule has 2 aliphatic heterocycles. The van der Waals surface area contributed by atoms with Gasteiger partial charge in [0.05, 0.1) is 22.8 Å². The Morgan fingerprint density at radius 2 is 1.32 bits per heavy atom. The second-order valence-electron chi connectivity index (χ2n) is 11.2. The first-order valence-electron chi connectivity index (χ1n) is 12.9. The molecule has 5 heterocycles. The highest BCUT2D eigenvalue weighted by Crippen LogP contribution is 2.52. The average Bonchev–Trinajstić information content (AvgIpc) is 3.63. The summed E-state index contributed by atoms with van der Waals surface area (Å²) in [6.45, 7) is 4.14. The summed E-state index contributed by atoms with van der Waals surface area (Å²) < 4.78 is 67.2. The molecule has 3 aliphatic rings. The first-order valence-corrected chi connectivity index (χ1v) is 15.7. The highest BCUT2D eigenvalue weighted by molar-refractivity contribution is 7.88. The van der Waals surface area contributed by atoms with Crippen LogP contribution < -0.4 is 0 Å². The smallest absolute Gasteiger partial charge is 0.274 e. The zero-order chi connectivity index (χ0) is 29.4. The van der Waals surface area contributed by atoms with Gasteiger partial charge in [-0.2, -0.15) is 16.8 Å². The molecule has 0 radical (unpaired) electrons. The largest absolute Gasteiger partial charge is 0.355 e. The minimum Gasteiger partial charge on any atom is -0.355 e. The van der Waals surface area contributed by atoms with Crippen molar-refractivity contribution in [1.82, 2.24) is 19.9 Å². The summed E-state index contributed by atoms with van der Waals surface area (Å²) in [5.74, 6) is -0.971. The van der Waals surface area contributed by atoms with E-state index >= 15 is 0 Å². The topological polar surface area (TPSA) is 166 Å². The lowest BCUT2D eigenvalue weighted by atomic mass is 9.71. The van der Waals surface area contributed by atoms with E-state index in [-0.39, 0.29) is 0 Å². The first kappa shape index (κ1) is 27.3. The van der Waals surface area contributed by atoms with Crippen LogP contribution >= 0.6 is 0 Å². The molecule has 0 spiro atoms. The Hall–Kier alpha value is -3.84. The molecule has 0 fully saturated rings. The molecule has 3 aromatic heterocycles. The first-order chi connectivity index (χ1) is 19.1. The number of fused-ring (bicyclic) bond motifs is 8. The summed E-state index contributed by atoms with van der Waals surface area (Å²) in [5.41, 5.74) is 6.49. The third kappa shape index (κ3) is 4.76. The molecule has 10 nitrogen and oxygen atoms in total. The molecule has 0 amide bonds. The quantitative estimate of drug-likeness (QED) is 0.184. The standard InChI is InChI=1S/C29H28N4O6S2/c1-17-15-28(2,40(34,35)36)16-29(3,41(37,38)39)27(17)25-13-24-12-22-7-6-20(31-22)10-18-4-5-19(30-18)11-21-8-9-23(32-21)14-26(25)33-24/h4-15,27,30-31H,16H2,1-3H3,(H,34,35,36)(H,37,38,39). The van der Waals surface area contributed by atoms with Gasteiger partial charge in [0.25, 0.3) is 20.2 Å². The van der Waals surface area contributed by atoms with Gasteiger partial charge in [0, 0.05) is 28.0 Å². The number of H-pyrrole nitrogens is 2. The summed E-state index contributed by atoms with van der Waals surface area (Å²) in [4.78, 5) is 16.1. The van der Waals surface area contributed by atoms with Crippen molar-refractivity contribution in [3.8, 4) is 0 Å². The zero-order valence-electron chi connectivity index (χ0n) is 22.5. The maximum absolute atomic E-state index is 13.0. The van der Waals surface area contributed by atoms with E-state index in [0.29, 0.717) is 33.9 Å². The van der Waals surface area contributed by atoms with Gasteiger partial charge < -0.3 is 9.97 Å². The molecule has 3 atom stereocenters. The van der Waals surface area contributed by atoms with Crippen molar-refractivity contribution in [2.24, 2.45) is 5.92 Å². The minimum absolute atomic E-state index is 0.361. The molecule has 6 rings (SSSR count). The number of nitrogens with zero attached hydrogens (tertiary/aromatic N) is 2. The molecule has 3 aromatic rings. The highest BCUT2D eigenvalue weighted by Gasteiger charge is 2.58. The number of aromatic nitrogens is 4. The molecule has 4 N–H and O–H groups in total. The van der Waals surface area contributed by atoms with Gasteiger partial charge in [-0.3, -0.25) is 9.11 Å². The van der Waals surface area contributed by atoms with Crippen LogP contribution in [0, 0.1) is 5.92 Å².